The highest BCUT2D eigenvalue weighted by Gasteiger charge is 2.15. The molecule has 4 heteroatoms. The van der Waals surface area contributed by atoms with Crippen molar-refractivity contribution in [2.45, 2.75) is 33.0 Å². The van der Waals surface area contributed by atoms with Crippen LogP contribution in [0.2, 0.25) is 0 Å². The zero-order valence-electron chi connectivity index (χ0n) is 10.5. The first-order chi connectivity index (χ1) is 7.87. The van der Waals surface area contributed by atoms with Crippen LogP contribution in [0.25, 0.3) is 0 Å². The first-order valence-electron chi connectivity index (χ1n) is 5.51. The van der Waals surface area contributed by atoms with E-state index in [0.717, 1.165) is 5.56 Å². The molecule has 0 atom stereocenters. The molecule has 1 aromatic rings. The van der Waals surface area contributed by atoms with Gasteiger partial charge in [-0.2, -0.15) is 0 Å². The van der Waals surface area contributed by atoms with Crippen LogP contribution in [0.3, 0.4) is 0 Å². The summed E-state index contributed by atoms with van der Waals surface area (Å²) in [7, 11) is 0. The number of hydrogen-bond donors (Lipinski definition) is 1. The molecular weight excluding hydrogens is 218 g/mol. The van der Waals surface area contributed by atoms with Gasteiger partial charge in [0.05, 0.1) is 6.61 Å². The topological polar surface area (TPSA) is 61.5 Å². The monoisotopic (exact) mass is 237 g/mol. The fraction of sp³-hybridized carbons (Fsp3) is 0.462. The molecule has 0 aliphatic heterocycles. The van der Waals surface area contributed by atoms with E-state index in [4.69, 9.17) is 15.2 Å². The Labute approximate surface area is 102 Å². The lowest BCUT2D eigenvalue weighted by Gasteiger charge is -2.19. The highest BCUT2D eigenvalue weighted by molar-refractivity contribution is 5.71. The number of nitrogens with two attached hydrogens (primary N) is 1. The molecule has 17 heavy (non-hydrogen) atoms. The predicted molar refractivity (Wildman–Crippen MR) is 66.4 cm³/mol. The lowest BCUT2D eigenvalue weighted by atomic mass is 10.2. The minimum atomic E-state index is -0.475. The molecule has 0 aliphatic rings. The Bertz CT molecular complexity index is 382. The van der Waals surface area contributed by atoms with Crippen molar-refractivity contribution < 1.29 is 14.3 Å². The van der Waals surface area contributed by atoms with Gasteiger partial charge in [-0.25, -0.2) is 4.79 Å². The third kappa shape index (κ3) is 5.92. The molecule has 0 amide bonds. The summed E-state index contributed by atoms with van der Waals surface area (Å²) in [5, 5.41) is 0. The van der Waals surface area contributed by atoms with Crippen molar-refractivity contribution in [2.24, 2.45) is 0 Å². The summed E-state index contributed by atoms with van der Waals surface area (Å²) < 4.78 is 10.4. The van der Waals surface area contributed by atoms with E-state index in [-0.39, 0.29) is 12.6 Å². The fourth-order valence-corrected chi connectivity index (χ4v) is 1.31. The Morgan fingerprint density at radius 2 is 2.06 bits per heavy atom. The molecule has 0 radical (unpaired) electrons. The van der Waals surface area contributed by atoms with Gasteiger partial charge < -0.3 is 15.2 Å². The number of nitrogen functional groups attached to an aromatic ring is 1. The summed E-state index contributed by atoms with van der Waals surface area (Å²) in [6.45, 7) is 5.77. The van der Waals surface area contributed by atoms with Crippen LogP contribution in [-0.4, -0.2) is 18.2 Å². The third-order valence-electron chi connectivity index (χ3n) is 1.86. The Kier molecular flexibility index (Phi) is 4.52. The van der Waals surface area contributed by atoms with Crippen LogP contribution in [-0.2, 0) is 20.9 Å². The number of hydrogen-bond acceptors (Lipinski definition) is 4. The van der Waals surface area contributed by atoms with Crippen LogP contribution < -0.4 is 5.73 Å². The minimum Gasteiger partial charge on any atom is -0.458 e. The first kappa shape index (κ1) is 13.5. The van der Waals surface area contributed by atoms with Crippen LogP contribution in [0.4, 0.5) is 5.69 Å². The molecule has 1 rings (SSSR count). The molecule has 0 aliphatic carbocycles. The van der Waals surface area contributed by atoms with E-state index in [9.17, 15) is 4.79 Å². The van der Waals surface area contributed by atoms with Crippen molar-refractivity contribution in [1.29, 1.82) is 0 Å². The summed E-state index contributed by atoms with van der Waals surface area (Å²) in [5.74, 6) is -0.360. The van der Waals surface area contributed by atoms with Crippen LogP contribution in [0.1, 0.15) is 26.3 Å². The molecule has 0 fully saturated rings. The quantitative estimate of drug-likeness (QED) is 0.643. The Hall–Kier alpha value is -1.55. The molecular formula is C13H19NO3. The zero-order valence-corrected chi connectivity index (χ0v) is 10.5. The number of benzene rings is 1. The van der Waals surface area contributed by atoms with Crippen molar-refractivity contribution in [1.82, 2.24) is 0 Å². The Morgan fingerprint density at radius 1 is 1.35 bits per heavy atom. The van der Waals surface area contributed by atoms with Gasteiger partial charge in [0.1, 0.15) is 12.2 Å². The molecule has 0 aromatic heterocycles. The second kappa shape index (κ2) is 5.68. The number of ether oxygens (including phenoxy) is 2. The average molecular weight is 237 g/mol. The van der Waals surface area contributed by atoms with Crippen LogP contribution >= 0.6 is 0 Å². The van der Waals surface area contributed by atoms with Gasteiger partial charge in [-0.1, -0.05) is 12.1 Å². The number of carbonyl (C=O) groups is 1. The molecule has 2 N–H and O–H groups in total. The van der Waals surface area contributed by atoms with Gasteiger partial charge >= 0.3 is 5.97 Å². The van der Waals surface area contributed by atoms with Gasteiger partial charge in [-0.05, 0) is 38.5 Å². The summed E-state index contributed by atoms with van der Waals surface area (Å²) in [6.07, 6.45) is 0. The van der Waals surface area contributed by atoms with Gasteiger partial charge in [-0.3, -0.25) is 0 Å². The van der Waals surface area contributed by atoms with Crippen molar-refractivity contribution in [2.75, 3.05) is 12.3 Å². The van der Waals surface area contributed by atoms with Gasteiger partial charge in [0.15, 0.2) is 0 Å². The van der Waals surface area contributed by atoms with Crippen molar-refractivity contribution >= 4 is 11.7 Å². The largest absolute Gasteiger partial charge is 0.458 e. The SMILES string of the molecule is CC(C)(C)OC(=O)COCc1cccc(N)c1. The molecule has 0 saturated carbocycles. The molecule has 0 heterocycles. The van der Waals surface area contributed by atoms with Crippen LogP contribution in [0, 0.1) is 0 Å². The van der Waals surface area contributed by atoms with Crippen LogP contribution in [0.5, 0.6) is 0 Å². The highest BCUT2D eigenvalue weighted by Crippen LogP contribution is 2.09. The molecule has 0 unspecified atom stereocenters. The lowest BCUT2D eigenvalue weighted by molar-refractivity contribution is -0.160. The highest BCUT2D eigenvalue weighted by atomic mass is 16.6. The standard InChI is InChI=1S/C13H19NO3/c1-13(2,3)17-12(15)9-16-8-10-5-4-6-11(14)7-10/h4-7H,8-9,14H2,1-3H3. The summed E-state index contributed by atoms with van der Waals surface area (Å²) in [5.41, 5.74) is 6.77. The fourth-order valence-electron chi connectivity index (χ4n) is 1.31. The van der Waals surface area contributed by atoms with Crippen molar-refractivity contribution in [3.63, 3.8) is 0 Å². The van der Waals surface area contributed by atoms with Crippen molar-refractivity contribution in [3.8, 4) is 0 Å². The number of carbonyl (C=O) groups excluding carboxylic acids is 1. The number of esters is 1. The Morgan fingerprint density at radius 3 is 2.65 bits per heavy atom. The molecule has 94 valence electrons. The van der Waals surface area contributed by atoms with Gasteiger partial charge in [0.25, 0.3) is 0 Å². The second-order valence-electron chi connectivity index (χ2n) is 4.82. The molecule has 4 nitrogen and oxygen atoms in total. The van der Waals surface area contributed by atoms with E-state index in [1.165, 1.54) is 0 Å². The summed E-state index contributed by atoms with van der Waals surface area (Å²) in [6, 6.07) is 7.36. The summed E-state index contributed by atoms with van der Waals surface area (Å²) in [4.78, 5) is 11.3. The number of rotatable bonds is 4. The smallest absolute Gasteiger partial charge is 0.332 e. The maximum atomic E-state index is 11.3. The molecule has 0 bridgehead atoms. The molecule has 0 spiro atoms. The van der Waals surface area contributed by atoms with E-state index < -0.39 is 5.60 Å². The van der Waals surface area contributed by atoms with E-state index in [0.29, 0.717) is 12.3 Å². The normalized spacial score (nSPS) is 11.2. The molecule has 1 aromatic carbocycles. The van der Waals surface area contributed by atoms with Gasteiger partial charge in [-0.15, -0.1) is 0 Å². The van der Waals surface area contributed by atoms with Crippen molar-refractivity contribution in [3.05, 3.63) is 29.8 Å². The van der Waals surface area contributed by atoms with Gasteiger partial charge in [0, 0.05) is 5.69 Å². The first-order valence-corrected chi connectivity index (χ1v) is 5.51. The van der Waals surface area contributed by atoms with E-state index in [1.807, 2.05) is 39.0 Å². The minimum absolute atomic E-state index is 0.0495. The Balaban J connectivity index is 2.31. The summed E-state index contributed by atoms with van der Waals surface area (Å²) >= 11 is 0. The van der Waals surface area contributed by atoms with E-state index in [2.05, 4.69) is 0 Å². The third-order valence-corrected chi connectivity index (χ3v) is 1.86. The van der Waals surface area contributed by atoms with E-state index in [1.54, 1.807) is 6.07 Å². The lowest BCUT2D eigenvalue weighted by Crippen LogP contribution is -2.26. The maximum absolute atomic E-state index is 11.3. The van der Waals surface area contributed by atoms with E-state index >= 15 is 0 Å². The molecule has 0 saturated heterocycles. The zero-order chi connectivity index (χ0) is 12.9. The number of anilines is 1. The maximum Gasteiger partial charge on any atom is 0.332 e. The van der Waals surface area contributed by atoms with Crippen LogP contribution in [0.15, 0.2) is 24.3 Å². The average Bonchev–Trinajstić information content (AvgIpc) is 2.14. The van der Waals surface area contributed by atoms with Gasteiger partial charge in [0.2, 0.25) is 0 Å². The predicted octanol–water partition coefficient (Wildman–Crippen LogP) is 2.13. The second-order valence-corrected chi connectivity index (χ2v) is 4.82.